The molecule has 17 heavy (non-hydrogen) atoms. The van der Waals surface area contributed by atoms with Crippen molar-refractivity contribution in [2.24, 2.45) is 10.8 Å². The van der Waals surface area contributed by atoms with Crippen molar-refractivity contribution in [2.45, 2.75) is 78.9 Å². The quantitative estimate of drug-likeness (QED) is 0.777. The van der Waals surface area contributed by atoms with Crippen molar-refractivity contribution < 1.29 is 5.11 Å². The number of rotatable bonds is 2. The minimum Gasteiger partial charge on any atom is -0.389 e. The third-order valence-electron chi connectivity index (χ3n) is 4.44. The summed E-state index contributed by atoms with van der Waals surface area (Å²) < 4.78 is 0. The number of piperidine rings is 1. The Morgan fingerprint density at radius 1 is 1.00 bits per heavy atom. The lowest BCUT2D eigenvalue weighted by Gasteiger charge is -2.51. The van der Waals surface area contributed by atoms with E-state index in [2.05, 4.69) is 46.9 Å². The average molecular weight is 241 g/mol. The van der Waals surface area contributed by atoms with Crippen LogP contribution in [0, 0.1) is 10.8 Å². The standard InChI is InChI=1S/C15H31NO/c1-13(2,3)15(17,14(4,5)6)11-12-9-7-8-10-16-12/h12,16-17H,7-11H2,1-6H3. The van der Waals surface area contributed by atoms with Gasteiger partial charge in [0.2, 0.25) is 0 Å². The van der Waals surface area contributed by atoms with Crippen molar-refractivity contribution in [1.29, 1.82) is 0 Å². The van der Waals surface area contributed by atoms with Crippen molar-refractivity contribution in [3.8, 4) is 0 Å². The van der Waals surface area contributed by atoms with Crippen molar-refractivity contribution in [1.82, 2.24) is 5.32 Å². The Bertz CT molecular complexity index is 227. The molecular weight excluding hydrogens is 210 g/mol. The maximum absolute atomic E-state index is 11.2. The molecule has 1 saturated heterocycles. The van der Waals surface area contributed by atoms with Gasteiger partial charge in [-0.2, -0.15) is 0 Å². The first-order valence-corrected chi connectivity index (χ1v) is 7.04. The fourth-order valence-electron chi connectivity index (χ4n) is 3.19. The third-order valence-corrected chi connectivity index (χ3v) is 4.44. The third kappa shape index (κ3) is 3.23. The van der Waals surface area contributed by atoms with Crippen molar-refractivity contribution >= 4 is 0 Å². The van der Waals surface area contributed by atoms with Crippen LogP contribution in [0.2, 0.25) is 0 Å². The number of hydrogen-bond acceptors (Lipinski definition) is 2. The molecule has 2 nitrogen and oxygen atoms in total. The number of aliphatic hydroxyl groups is 1. The molecule has 1 rings (SSSR count). The maximum atomic E-state index is 11.2. The highest BCUT2D eigenvalue weighted by Crippen LogP contribution is 2.47. The molecule has 0 aromatic rings. The zero-order valence-corrected chi connectivity index (χ0v) is 12.6. The molecule has 1 unspecified atom stereocenters. The summed E-state index contributed by atoms with van der Waals surface area (Å²) in [6.07, 6.45) is 4.64. The zero-order chi connectivity index (χ0) is 13.3. The van der Waals surface area contributed by atoms with Gasteiger partial charge in [0.05, 0.1) is 5.60 Å². The summed E-state index contributed by atoms with van der Waals surface area (Å²) in [5.74, 6) is 0. The molecule has 1 atom stereocenters. The summed E-state index contributed by atoms with van der Waals surface area (Å²) in [6, 6.07) is 0.479. The van der Waals surface area contributed by atoms with E-state index < -0.39 is 5.60 Å². The van der Waals surface area contributed by atoms with Gasteiger partial charge in [-0.3, -0.25) is 0 Å². The van der Waals surface area contributed by atoms with E-state index in [0.29, 0.717) is 6.04 Å². The van der Waals surface area contributed by atoms with Gasteiger partial charge in [0.15, 0.2) is 0 Å². The van der Waals surface area contributed by atoms with E-state index >= 15 is 0 Å². The summed E-state index contributed by atoms with van der Waals surface area (Å²) in [6.45, 7) is 14.0. The molecule has 1 aliphatic heterocycles. The van der Waals surface area contributed by atoms with Crippen molar-refractivity contribution in [3.05, 3.63) is 0 Å². The minimum absolute atomic E-state index is 0.0929. The minimum atomic E-state index is -0.630. The molecule has 1 aliphatic rings. The summed E-state index contributed by atoms with van der Waals surface area (Å²) in [5, 5.41) is 14.8. The molecule has 2 N–H and O–H groups in total. The first kappa shape index (κ1) is 15.0. The molecule has 2 heteroatoms. The fraction of sp³-hybridized carbons (Fsp3) is 1.00. The van der Waals surface area contributed by atoms with Gasteiger partial charge in [0, 0.05) is 6.04 Å². The van der Waals surface area contributed by atoms with Crippen LogP contribution in [0.5, 0.6) is 0 Å². The molecule has 1 heterocycles. The van der Waals surface area contributed by atoms with Gasteiger partial charge in [0.1, 0.15) is 0 Å². The predicted molar refractivity (Wildman–Crippen MR) is 74.1 cm³/mol. The normalized spacial score (nSPS) is 23.8. The van der Waals surface area contributed by atoms with E-state index in [1.54, 1.807) is 0 Å². The van der Waals surface area contributed by atoms with E-state index in [9.17, 15) is 5.11 Å². The average Bonchev–Trinajstić information content (AvgIpc) is 2.15. The Morgan fingerprint density at radius 3 is 1.88 bits per heavy atom. The van der Waals surface area contributed by atoms with Crippen LogP contribution in [0.4, 0.5) is 0 Å². The Hall–Kier alpha value is -0.0800. The van der Waals surface area contributed by atoms with Crippen LogP contribution in [0.25, 0.3) is 0 Å². The van der Waals surface area contributed by atoms with Gasteiger partial charge < -0.3 is 10.4 Å². The molecule has 0 amide bonds. The van der Waals surface area contributed by atoms with Crippen molar-refractivity contribution in [3.63, 3.8) is 0 Å². The van der Waals surface area contributed by atoms with Crippen LogP contribution >= 0.6 is 0 Å². The molecule has 0 bridgehead atoms. The van der Waals surface area contributed by atoms with Gasteiger partial charge in [-0.15, -0.1) is 0 Å². The Labute approximate surface area is 107 Å². The maximum Gasteiger partial charge on any atom is 0.0758 e. The fourth-order valence-corrected chi connectivity index (χ4v) is 3.19. The molecule has 0 aromatic carbocycles. The summed E-state index contributed by atoms with van der Waals surface area (Å²) in [5.41, 5.74) is -0.816. The monoisotopic (exact) mass is 241 g/mol. The Morgan fingerprint density at radius 2 is 1.53 bits per heavy atom. The van der Waals surface area contributed by atoms with E-state index in [0.717, 1.165) is 13.0 Å². The van der Waals surface area contributed by atoms with E-state index in [4.69, 9.17) is 0 Å². The first-order valence-electron chi connectivity index (χ1n) is 7.04. The summed E-state index contributed by atoms with van der Waals surface area (Å²) in [7, 11) is 0. The van der Waals surface area contributed by atoms with Crippen LogP contribution in [0.3, 0.4) is 0 Å². The summed E-state index contributed by atoms with van der Waals surface area (Å²) in [4.78, 5) is 0. The lowest BCUT2D eigenvalue weighted by molar-refractivity contribution is -0.147. The highest BCUT2D eigenvalue weighted by Gasteiger charge is 2.50. The molecule has 1 fully saturated rings. The Balaban J connectivity index is 2.84. The Kier molecular flexibility index (Phi) is 4.31. The van der Waals surface area contributed by atoms with Crippen molar-refractivity contribution in [2.75, 3.05) is 6.54 Å². The lowest BCUT2D eigenvalue weighted by Crippen LogP contribution is -2.56. The first-order chi connectivity index (χ1) is 7.58. The van der Waals surface area contributed by atoms with Gasteiger partial charge in [-0.25, -0.2) is 0 Å². The molecule has 0 aromatic heterocycles. The topological polar surface area (TPSA) is 32.3 Å². The highest BCUT2D eigenvalue weighted by molar-refractivity contribution is 5.01. The van der Waals surface area contributed by atoms with E-state index in [1.165, 1.54) is 19.3 Å². The van der Waals surface area contributed by atoms with Crippen LogP contribution in [-0.2, 0) is 0 Å². The second-order valence-corrected chi connectivity index (χ2v) is 7.71. The van der Waals surface area contributed by atoms with Gasteiger partial charge in [-0.1, -0.05) is 48.0 Å². The lowest BCUT2D eigenvalue weighted by atomic mass is 9.60. The summed E-state index contributed by atoms with van der Waals surface area (Å²) >= 11 is 0. The largest absolute Gasteiger partial charge is 0.389 e. The predicted octanol–water partition coefficient (Wildman–Crippen LogP) is 3.34. The molecule has 102 valence electrons. The van der Waals surface area contributed by atoms with Gasteiger partial charge >= 0.3 is 0 Å². The number of nitrogens with one attached hydrogen (secondary N) is 1. The SMILES string of the molecule is CC(C)(C)C(O)(CC1CCCCN1)C(C)(C)C. The second kappa shape index (κ2) is 4.89. The zero-order valence-electron chi connectivity index (χ0n) is 12.6. The number of hydrogen-bond donors (Lipinski definition) is 2. The highest BCUT2D eigenvalue weighted by atomic mass is 16.3. The van der Waals surface area contributed by atoms with Crippen LogP contribution in [0.1, 0.15) is 67.2 Å². The molecule has 0 saturated carbocycles. The van der Waals surface area contributed by atoms with Crippen LogP contribution in [-0.4, -0.2) is 23.3 Å². The molecule has 0 aliphatic carbocycles. The van der Waals surface area contributed by atoms with E-state index in [1.807, 2.05) is 0 Å². The molecular formula is C15H31NO. The smallest absolute Gasteiger partial charge is 0.0758 e. The van der Waals surface area contributed by atoms with Crippen LogP contribution < -0.4 is 5.32 Å². The second-order valence-electron chi connectivity index (χ2n) is 7.71. The molecule has 0 spiro atoms. The van der Waals surface area contributed by atoms with Gasteiger partial charge in [-0.05, 0) is 36.6 Å². The van der Waals surface area contributed by atoms with Crippen LogP contribution in [0.15, 0.2) is 0 Å². The van der Waals surface area contributed by atoms with Gasteiger partial charge in [0.25, 0.3) is 0 Å². The molecule has 0 radical (unpaired) electrons. The van der Waals surface area contributed by atoms with E-state index in [-0.39, 0.29) is 10.8 Å².